The third-order valence-corrected chi connectivity index (χ3v) is 3.96. The molecule has 1 fully saturated rings. The Hall–Kier alpha value is -0.800. The van der Waals surface area contributed by atoms with Crippen molar-refractivity contribution in [3.63, 3.8) is 0 Å². The summed E-state index contributed by atoms with van der Waals surface area (Å²) in [4.78, 5) is 2.40. The molecule has 1 aliphatic heterocycles. The SMILES string of the molecule is CN1CCCCC1CCNc1cccc(Cl)c1F. The van der Waals surface area contributed by atoms with Gasteiger partial charge < -0.3 is 10.2 Å². The van der Waals surface area contributed by atoms with Crippen LogP contribution in [-0.4, -0.2) is 31.1 Å². The second kappa shape index (κ2) is 6.39. The molecule has 1 saturated heterocycles. The Balaban J connectivity index is 1.83. The molecule has 0 saturated carbocycles. The van der Waals surface area contributed by atoms with Crippen molar-refractivity contribution in [1.29, 1.82) is 0 Å². The number of hydrogen-bond acceptors (Lipinski definition) is 2. The highest BCUT2D eigenvalue weighted by Crippen LogP contribution is 2.23. The molecule has 1 unspecified atom stereocenters. The van der Waals surface area contributed by atoms with E-state index in [4.69, 9.17) is 11.6 Å². The van der Waals surface area contributed by atoms with E-state index in [1.165, 1.54) is 25.8 Å². The summed E-state index contributed by atoms with van der Waals surface area (Å²) in [5, 5.41) is 3.31. The summed E-state index contributed by atoms with van der Waals surface area (Å²) < 4.78 is 13.6. The topological polar surface area (TPSA) is 15.3 Å². The predicted molar refractivity (Wildman–Crippen MR) is 74.8 cm³/mol. The summed E-state index contributed by atoms with van der Waals surface area (Å²) in [6.07, 6.45) is 4.89. The van der Waals surface area contributed by atoms with E-state index in [0.717, 1.165) is 13.0 Å². The van der Waals surface area contributed by atoms with E-state index in [2.05, 4.69) is 17.3 Å². The Bertz CT molecular complexity index is 397. The van der Waals surface area contributed by atoms with Crippen LogP contribution in [0.1, 0.15) is 25.7 Å². The number of nitrogens with one attached hydrogen (secondary N) is 1. The summed E-state index contributed by atoms with van der Waals surface area (Å²) in [7, 11) is 2.17. The van der Waals surface area contributed by atoms with Gasteiger partial charge in [0.25, 0.3) is 0 Å². The number of benzene rings is 1. The molecule has 1 aliphatic rings. The first-order valence-electron chi connectivity index (χ1n) is 6.56. The average molecular weight is 271 g/mol. The highest BCUT2D eigenvalue weighted by atomic mass is 35.5. The first-order valence-corrected chi connectivity index (χ1v) is 6.94. The lowest BCUT2D eigenvalue weighted by Crippen LogP contribution is -2.37. The minimum Gasteiger partial charge on any atom is -0.383 e. The summed E-state index contributed by atoms with van der Waals surface area (Å²) >= 11 is 5.74. The molecule has 4 heteroatoms. The minimum atomic E-state index is -0.351. The molecule has 1 atom stereocenters. The summed E-state index contributed by atoms with van der Waals surface area (Å²) in [5.41, 5.74) is 0.501. The molecular formula is C14H20ClFN2. The zero-order valence-electron chi connectivity index (χ0n) is 10.8. The first-order chi connectivity index (χ1) is 8.68. The molecule has 0 bridgehead atoms. The van der Waals surface area contributed by atoms with Crippen molar-refractivity contribution in [3.8, 4) is 0 Å². The van der Waals surface area contributed by atoms with E-state index >= 15 is 0 Å². The third kappa shape index (κ3) is 3.36. The molecule has 0 aliphatic carbocycles. The predicted octanol–water partition coefficient (Wildman–Crippen LogP) is 3.77. The molecule has 18 heavy (non-hydrogen) atoms. The van der Waals surface area contributed by atoms with E-state index in [-0.39, 0.29) is 10.8 Å². The Morgan fingerprint density at radius 3 is 3.06 bits per heavy atom. The number of anilines is 1. The number of likely N-dealkylation sites (tertiary alicyclic amines) is 1. The van der Waals surface area contributed by atoms with E-state index < -0.39 is 0 Å². The fraction of sp³-hybridized carbons (Fsp3) is 0.571. The molecule has 1 aromatic rings. The average Bonchev–Trinajstić information content (AvgIpc) is 2.37. The van der Waals surface area contributed by atoms with Crippen LogP contribution in [-0.2, 0) is 0 Å². The maximum Gasteiger partial charge on any atom is 0.164 e. The monoisotopic (exact) mass is 270 g/mol. The van der Waals surface area contributed by atoms with Crippen molar-refractivity contribution < 1.29 is 4.39 Å². The standard InChI is InChI=1S/C14H20ClFN2/c1-18-10-3-2-5-11(18)8-9-17-13-7-4-6-12(15)14(13)16/h4,6-7,11,17H,2-3,5,8-10H2,1H3. The van der Waals surface area contributed by atoms with Crippen LogP contribution in [0.3, 0.4) is 0 Å². The van der Waals surface area contributed by atoms with Crippen LogP contribution >= 0.6 is 11.6 Å². The molecule has 1 heterocycles. The molecule has 100 valence electrons. The largest absolute Gasteiger partial charge is 0.383 e. The van der Waals surface area contributed by atoms with Crippen molar-refractivity contribution in [1.82, 2.24) is 4.90 Å². The molecular weight excluding hydrogens is 251 g/mol. The summed E-state index contributed by atoms with van der Waals surface area (Å²) in [6.45, 7) is 1.96. The van der Waals surface area contributed by atoms with Crippen LogP contribution in [0.15, 0.2) is 18.2 Å². The zero-order chi connectivity index (χ0) is 13.0. The van der Waals surface area contributed by atoms with Gasteiger partial charge in [0, 0.05) is 12.6 Å². The lowest BCUT2D eigenvalue weighted by atomic mass is 10.0. The molecule has 2 rings (SSSR count). The van der Waals surface area contributed by atoms with Gasteiger partial charge in [-0.3, -0.25) is 0 Å². The van der Waals surface area contributed by atoms with Crippen LogP contribution < -0.4 is 5.32 Å². The van der Waals surface area contributed by atoms with Gasteiger partial charge >= 0.3 is 0 Å². The van der Waals surface area contributed by atoms with Gasteiger partial charge in [0.05, 0.1) is 10.7 Å². The highest BCUT2D eigenvalue weighted by Gasteiger charge is 2.18. The van der Waals surface area contributed by atoms with Gasteiger partial charge in [0.1, 0.15) is 0 Å². The lowest BCUT2D eigenvalue weighted by Gasteiger charge is -2.32. The minimum absolute atomic E-state index is 0.176. The Labute approximate surface area is 113 Å². The van der Waals surface area contributed by atoms with Crippen LogP contribution in [0.4, 0.5) is 10.1 Å². The third-order valence-electron chi connectivity index (χ3n) is 3.67. The molecule has 0 amide bonds. The molecule has 1 N–H and O–H groups in total. The Morgan fingerprint density at radius 1 is 1.44 bits per heavy atom. The number of nitrogens with zero attached hydrogens (tertiary/aromatic N) is 1. The Morgan fingerprint density at radius 2 is 2.28 bits per heavy atom. The van der Waals surface area contributed by atoms with Gasteiger partial charge in [-0.15, -0.1) is 0 Å². The van der Waals surface area contributed by atoms with E-state index in [9.17, 15) is 4.39 Å². The smallest absolute Gasteiger partial charge is 0.164 e. The van der Waals surface area contributed by atoms with E-state index in [1.54, 1.807) is 18.2 Å². The fourth-order valence-corrected chi connectivity index (χ4v) is 2.70. The van der Waals surface area contributed by atoms with E-state index in [0.29, 0.717) is 11.7 Å². The van der Waals surface area contributed by atoms with Crippen LogP contribution in [0.2, 0.25) is 5.02 Å². The van der Waals surface area contributed by atoms with Crippen molar-refractivity contribution >= 4 is 17.3 Å². The van der Waals surface area contributed by atoms with Gasteiger partial charge in [0.15, 0.2) is 5.82 Å². The number of hydrogen-bond donors (Lipinski definition) is 1. The van der Waals surface area contributed by atoms with Crippen molar-refractivity contribution in [2.24, 2.45) is 0 Å². The highest BCUT2D eigenvalue weighted by molar-refractivity contribution is 6.31. The molecule has 0 radical (unpaired) electrons. The number of rotatable bonds is 4. The van der Waals surface area contributed by atoms with Crippen LogP contribution in [0.25, 0.3) is 0 Å². The molecule has 0 aromatic heterocycles. The van der Waals surface area contributed by atoms with Gasteiger partial charge in [-0.1, -0.05) is 24.1 Å². The summed E-state index contributed by atoms with van der Waals surface area (Å²) in [6, 6.07) is 5.68. The maximum absolute atomic E-state index is 13.6. The van der Waals surface area contributed by atoms with Gasteiger partial charge in [0.2, 0.25) is 0 Å². The van der Waals surface area contributed by atoms with E-state index in [1.807, 2.05) is 0 Å². The molecule has 0 spiro atoms. The fourth-order valence-electron chi connectivity index (χ4n) is 2.52. The van der Waals surface area contributed by atoms with Crippen LogP contribution in [0, 0.1) is 5.82 Å². The molecule has 1 aromatic carbocycles. The normalized spacial score (nSPS) is 20.9. The molecule has 2 nitrogen and oxygen atoms in total. The second-order valence-electron chi connectivity index (χ2n) is 4.95. The quantitative estimate of drug-likeness (QED) is 0.896. The van der Waals surface area contributed by atoms with Crippen molar-refractivity contribution in [2.75, 3.05) is 25.5 Å². The number of piperidine rings is 1. The van der Waals surface area contributed by atoms with Gasteiger partial charge in [-0.05, 0) is 45.0 Å². The Kier molecular flexibility index (Phi) is 4.84. The van der Waals surface area contributed by atoms with Gasteiger partial charge in [-0.25, -0.2) is 4.39 Å². The van der Waals surface area contributed by atoms with Gasteiger partial charge in [-0.2, -0.15) is 0 Å². The van der Waals surface area contributed by atoms with Crippen molar-refractivity contribution in [2.45, 2.75) is 31.7 Å². The first kappa shape index (κ1) is 13.6. The zero-order valence-corrected chi connectivity index (χ0v) is 11.5. The lowest BCUT2D eigenvalue weighted by molar-refractivity contribution is 0.179. The van der Waals surface area contributed by atoms with Crippen molar-refractivity contribution in [3.05, 3.63) is 29.0 Å². The number of halogens is 2. The maximum atomic E-state index is 13.6. The van der Waals surface area contributed by atoms with Crippen LogP contribution in [0.5, 0.6) is 0 Å². The summed E-state index contributed by atoms with van der Waals surface area (Å²) in [5.74, 6) is -0.351. The second-order valence-corrected chi connectivity index (χ2v) is 5.35.